The second-order valence-electron chi connectivity index (χ2n) is 4.88. The zero-order valence-corrected chi connectivity index (χ0v) is 10.3. The SMILES string of the molecule is Cc1c[nH]c2cc(CN3CCNCC3)ccc12. The fraction of sp³-hybridized carbons (Fsp3) is 0.429. The van der Waals surface area contributed by atoms with E-state index in [0.717, 1.165) is 32.7 Å². The van der Waals surface area contributed by atoms with Gasteiger partial charge in [0.1, 0.15) is 0 Å². The lowest BCUT2D eigenvalue weighted by molar-refractivity contribution is 0.233. The Morgan fingerprint density at radius 1 is 1.24 bits per heavy atom. The molecule has 1 aliphatic heterocycles. The van der Waals surface area contributed by atoms with Gasteiger partial charge in [0.2, 0.25) is 0 Å². The van der Waals surface area contributed by atoms with Gasteiger partial charge in [0, 0.05) is 49.8 Å². The number of aryl methyl sites for hydroxylation is 1. The van der Waals surface area contributed by atoms with Crippen LogP contribution in [0.25, 0.3) is 10.9 Å². The first kappa shape index (κ1) is 10.8. The topological polar surface area (TPSA) is 31.1 Å². The number of fused-ring (bicyclic) bond motifs is 1. The molecule has 3 rings (SSSR count). The van der Waals surface area contributed by atoms with E-state index in [1.54, 1.807) is 0 Å². The van der Waals surface area contributed by atoms with Crippen LogP contribution in [0.3, 0.4) is 0 Å². The molecule has 2 heterocycles. The highest BCUT2D eigenvalue weighted by molar-refractivity contribution is 5.83. The summed E-state index contributed by atoms with van der Waals surface area (Å²) in [5, 5.41) is 4.73. The summed E-state index contributed by atoms with van der Waals surface area (Å²) < 4.78 is 0. The van der Waals surface area contributed by atoms with Crippen LogP contribution >= 0.6 is 0 Å². The van der Waals surface area contributed by atoms with E-state index in [4.69, 9.17) is 0 Å². The largest absolute Gasteiger partial charge is 0.361 e. The van der Waals surface area contributed by atoms with Gasteiger partial charge in [-0.3, -0.25) is 4.90 Å². The zero-order chi connectivity index (χ0) is 11.7. The zero-order valence-electron chi connectivity index (χ0n) is 10.3. The van der Waals surface area contributed by atoms with E-state index in [9.17, 15) is 0 Å². The molecule has 1 fully saturated rings. The molecule has 0 atom stereocenters. The summed E-state index contributed by atoms with van der Waals surface area (Å²) in [6.07, 6.45) is 2.08. The number of piperazine rings is 1. The smallest absolute Gasteiger partial charge is 0.0459 e. The second-order valence-corrected chi connectivity index (χ2v) is 4.88. The number of H-pyrrole nitrogens is 1. The fourth-order valence-corrected chi connectivity index (χ4v) is 2.54. The minimum absolute atomic E-state index is 1.07. The monoisotopic (exact) mass is 229 g/mol. The average Bonchev–Trinajstić information content (AvgIpc) is 2.72. The number of rotatable bonds is 2. The van der Waals surface area contributed by atoms with E-state index in [2.05, 4.69) is 46.5 Å². The molecule has 1 aromatic heterocycles. The molecule has 2 aromatic rings. The lowest BCUT2D eigenvalue weighted by Crippen LogP contribution is -2.42. The second kappa shape index (κ2) is 4.51. The van der Waals surface area contributed by atoms with Crippen LogP contribution < -0.4 is 5.32 Å². The molecule has 3 heteroatoms. The third-order valence-corrected chi connectivity index (χ3v) is 3.57. The maximum atomic E-state index is 3.39. The summed E-state index contributed by atoms with van der Waals surface area (Å²) in [7, 11) is 0. The highest BCUT2D eigenvalue weighted by Gasteiger charge is 2.10. The number of nitrogens with zero attached hydrogens (tertiary/aromatic N) is 1. The first-order valence-corrected chi connectivity index (χ1v) is 6.32. The molecule has 0 saturated carbocycles. The molecule has 0 bridgehead atoms. The van der Waals surface area contributed by atoms with E-state index < -0.39 is 0 Å². The summed E-state index contributed by atoms with van der Waals surface area (Å²) >= 11 is 0. The van der Waals surface area contributed by atoms with Gasteiger partial charge >= 0.3 is 0 Å². The van der Waals surface area contributed by atoms with E-state index in [-0.39, 0.29) is 0 Å². The molecule has 0 spiro atoms. The molecule has 0 amide bonds. The van der Waals surface area contributed by atoms with Gasteiger partial charge in [-0.1, -0.05) is 12.1 Å². The van der Waals surface area contributed by atoms with Crippen molar-refractivity contribution >= 4 is 10.9 Å². The van der Waals surface area contributed by atoms with Crippen molar-refractivity contribution in [2.24, 2.45) is 0 Å². The Bertz CT molecular complexity index is 509. The van der Waals surface area contributed by atoms with Crippen LogP contribution in [-0.2, 0) is 6.54 Å². The molecule has 1 saturated heterocycles. The molecule has 0 radical (unpaired) electrons. The molecule has 1 aromatic carbocycles. The van der Waals surface area contributed by atoms with Gasteiger partial charge < -0.3 is 10.3 Å². The van der Waals surface area contributed by atoms with Crippen LogP contribution in [-0.4, -0.2) is 36.1 Å². The van der Waals surface area contributed by atoms with Crippen molar-refractivity contribution in [2.75, 3.05) is 26.2 Å². The number of hydrogen-bond acceptors (Lipinski definition) is 2. The molecule has 90 valence electrons. The predicted molar refractivity (Wildman–Crippen MR) is 71.2 cm³/mol. The molecule has 1 aliphatic rings. The van der Waals surface area contributed by atoms with Crippen LogP contribution in [0.5, 0.6) is 0 Å². The van der Waals surface area contributed by atoms with Gasteiger partial charge in [0.05, 0.1) is 0 Å². The van der Waals surface area contributed by atoms with Crippen LogP contribution in [0.4, 0.5) is 0 Å². The standard InChI is InChI=1S/C14H19N3/c1-11-9-16-14-8-12(2-3-13(11)14)10-17-6-4-15-5-7-17/h2-3,8-9,15-16H,4-7,10H2,1H3. The molecule has 17 heavy (non-hydrogen) atoms. The van der Waals surface area contributed by atoms with Crippen molar-refractivity contribution in [3.63, 3.8) is 0 Å². The van der Waals surface area contributed by atoms with Crippen molar-refractivity contribution in [2.45, 2.75) is 13.5 Å². The lowest BCUT2D eigenvalue weighted by atomic mass is 10.1. The summed E-state index contributed by atoms with van der Waals surface area (Å²) in [4.78, 5) is 5.84. The minimum atomic E-state index is 1.07. The Kier molecular flexibility index (Phi) is 2.87. The number of aromatic nitrogens is 1. The van der Waals surface area contributed by atoms with Gasteiger partial charge in [0.15, 0.2) is 0 Å². The van der Waals surface area contributed by atoms with Crippen molar-refractivity contribution in [1.29, 1.82) is 0 Å². The van der Waals surface area contributed by atoms with Gasteiger partial charge in [-0.05, 0) is 24.1 Å². The summed E-state index contributed by atoms with van der Waals surface area (Å²) in [5.74, 6) is 0. The molecule has 0 aliphatic carbocycles. The summed E-state index contributed by atoms with van der Waals surface area (Å²) in [5.41, 5.74) is 3.99. The number of aromatic amines is 1. The van der Waals surface area contributed by atoms with Crippen molar-refractivity contribution in [3.8, 4) is 0 Å². The number of nitrogens with one attached hydrogen (secondary N) is 2. The quantitative estimate of drug-likeness (QED) is 0.824. The Morgan fingerprint density at radius 2 is 2.06 bits per heavy atom. The highest BCUT2D eigenvalue weighted by Crippen LogP contribution is 2.19. The Hall–Kier alpha value is -1.32. The normalized spacial score (nSPS) is 17.7. The summed E-state index contributed by atoms with van der Waals surface area (Å²) in [6.45, 7) is 7.75. The van der Waals surface area contributed by atoms with Crippen LogP contribution in [0.2, 0.25) is 0 Å². The van der Waals surface area contributed by atoms with E-state index >= 15 is 0 Å². The van der Waals surface area contributed by atoms with Crippen molar-refractivity contribution in [3.05, 3.63) is 35.5 Å². The molecule has 3 nitrogen and oxygen atoms in total. The van der Waals surface area contributed by atoms with Crippen LogP contribution in [0.1, 0.15) is 11.1 Å². The molecular weight excluding hydrogens is 210 g/mol. The molecular formula is C14H19N3. The maximum Gasteiger partial charge on any atom is 0.0459 e. The fourth-order valence-electron chi connectivity index (χ4n) is 2.54. The van der Waals surface area contributed by atoms with Crippen molar-refractivity contribution in [1.82, 2.24) is 15.2 Å². The Labute approximate surface area is 102 Å². The summed E-state index contributed by atoms with van der Waals surface area (Å²) in [6, 6.07) is 6.77. The van der Waals surface area contributed by atoms with E-state index in [0.29, 0.717) is 0 Å². The van der Waals surface area contributed by atoms with Gasteiger partial charge in [-0.2, -0.15) is 0 Å². The number of benzene rings is 1. The van der Waals surface area contributed by atoms with Gasteiger partial charge in [-0.15, -0.1) is 0 Å². The van der Waals surface area contributed by atoms with Crippen molar-refractivity contribution < 1.29 is 0 Å². The highest BCUT2D eigenvalue weighted by atomic mass is 15.2. The first-order chi connectivity index (χ1) is 8.33. The third kappa shape index (κ3) is 2.21. The molecule has 0 unspecified atom stereocenters. The van der Waals surface area contributed by atoms with Gasteiger partial charge in [-0.25, -0.2) is 0 Å². The Morgan fingerprint density at radius 3 is 2.88 bits per heavy atom. The van der Waals surface area contributed by atoms with Crippen LogP contribution in [0, 0.1) is 6.92 Å². The maximum absolute atomic E-state index is 3.39. The Balaban J connectivity index is 1.80. The van der Waals surface area contributed by atoms with Crippen LogP contribution in [0.15, 0.2) is 24.4 Å². The first-order valence-electron chi connectivity index (χ1n) is 6.32. The average molecular weight is 229 g/mol. The predicted octanol–water partition coefficient (Wildman–Crippen LogP) is 1.88. The molecule has 2 N–H and O–H groups in total. The van der Waals surface area contributed by atoms with E-state index in [1.165, 1.54) is 22.0 Å². The number of hydrogen-bond donors (Lipinski definition) is 2. The van der Waals surface area contributed by atoms with E-state index in [1.807, 2.05) is 0 Å². The van der Waals surface area contributed by atoms with Gasteiger partial charge in [0.25, 0.3) is 0 Å². The third-order valence-electron chi connectivity index (χ3n) is 3.57. The lowest BCUT2D eigenvalue weighted by Gasteiger charge is -2.27. The minimum Gasteiger partial charge on any atom is -0.361 e.